The van der Waals surface area contributed by atoms with E-state index < -0.39 is 0 Å². The lowest BCUT2D eigenvalue weighted by atomic mass is 10.2. The maximum Gasteiger partial charge on any atom is 0.187 e. The van der Waals surface area contributed by atoms with Crippen molar-refractivity contribution in [1.29, 1.82) is 5.26 Å². The van der Waals surface area contributed by atoms with Crippen molar-refractivity contribution in [2.45, 2.75) is 44.6 Å². The smallest absolute Gasteiger partial charge is 0.187 e. The van der Waals surface area contributed by atoms with Crippen LogP contribution in [-0.2, 0) is 19.6 Å². The standard InChI is InChI=1S/C16H20N6S/c1-2-6-23-16-18-9-13(10-19-16)11-21-4-3-5-22-15(12-21)7-14(8-17)20-22/h7,9-10H,2-6,11-12H2,1H3. The molecule has 0 spiro atoms. The van der Waals surface area contributed by atoms with Crippen LogP contribution >= 0.6 is 11.8 Å². The van der Waals surface area contributed by atoms with E-state index in [1.807, 2.05) is 23.1 Å². The van der Waals surface area contributed by atoms with Crippen molar-refractivity contribution in [1.82, 2.24) is 24.6 Å². The van der Waals surface area contributed by atoms with Gasteiger partial charge in [-0.2, -0.15) is 10.4 Å². The summed E-state index contributed by atoms with van der Waals surface area (Å²) in [6.07, 6.45) is 6.01. The first kappa shape index (κ1) is 16.0. The number of nitrogens with zero attached hydrogens (tertiary/aromatic N) is 6. The normalized spacial score (nSPS) is 15.0. The van der Waals surface area contributed by atoms with Gasteiger partial charge in [0.05, 0.1) is 5.69 Å². The van der Waals surface area contributed by atoms with Gasteiger partial charge in [0.2, 0.25) is 0 Å². The highest BCUT2D eigenvalue weighted by Crippen LogP contribution is 2.17. The largest absolute Gasteiger partial charge is 0.293 e. The van der Waals surface area contributed by atoms with E-state index in [0.29, 0.717) is 5.69 Å². The molecule has 0 aromatic carbocycles. The van der Waals surface area contributed by atoms with Gasteiger partial charge in [-0.1, -0.05) is 18.7 Å². The van der Waals surface area contributed by atoms with Crippen LogP contribution in [0.1, 0.15) is 36.7 Å². The van der Waals surface area contributed by atoms with E-state index in [4.69, 9.17) is 5.26 Å². The average Bonchev–Trinajstić information content (AvgIpc) is 2.87. The van der Waals surface area contributed by atoms with E-state index in [1.165, 1.54) is 0 Å². The van der Waals surface area contributed by atoms with E-state index in [0.717, 1.165) is 61.2 Å². The Bertz CT molecular complexity index is 688. The second-order valence-electron chi connectivity index (χ2n) is 5.64. The van der Waals surface area contributed by atoms with Crippen LogP contribution in [0.3, 0.4) is 0 Å². The molecule has 23 heavy (non-hydrogen) atoms. The predicted molar refractivity (Wildman–Crippen MR) is 88.7 cm³/mol. The summed E-state index contributed by atoms with van der Waals surface area (Å²) in [5.74, 6) is 1.05. The summed E-state index contributed by atoms with van der Waals surface area (Å²) in [7, 11) is 0. The zero-order chi connectivity index (χ0) is 16.1. The van der Waals surface area contributed by atoms with E-state index >= 15 is 0 Å². The van der Waals surface area contributed by atoms with Crippen molar-refractivity contribution < 1.29 is 0 Å². The number of rotatable bonds is 5. The molecule has 0 saturated carbocycles. The molecule has 0 fully saturated rings. The molecule has 0 amide bonds. The highest BCUT2D eigenvalue weighted by molar-refractivity contribution is 7.99. The summed E-state index contributed by atoms with van der Waals surface area (Å²) in [4.78, 5) is 11.2. The highest BCUT2D eigenvalue weighted by atomic mass is 32.2. The number of hydrogen-bond acceptors (Lipinski definition) is 6. The van der Waals surface area contributed by atoms with Gasteiger partial charge in [0.25, 0.3) is 0 Å². The average molecular weight is 328 g/mol. The zero-order valence-corrected chi connectivity index (χ0v) is 14.1. The maximum atomic E-state index is 8.99. The topological polar surface area (TPSA) is 70.6 Å². The van der Waals surface area contributed by atoms with Crippen LogP contribution in [0.5, 0.6) is 0 Å². The van der Waals surface area contributed by atoms with Crippen molar-refractivity contribution in [2.24, 2.45) is 0 Å². The van der Waals surface area contributed by atoms with Crippen LogP contribution in [0, 0.1) is 11.3 Å². The molecule has 1 aliphatic rings. The molecule has 0 N–H and O–H groups in total. The van der Waals surface area contributed by atoms with Crippen molar-refractivity contribution in [2.75, 3.05) is 12.3 Å². The second kappa shape index (κ2) is 7.57. The minimum atomic E-state index is 0.502. The van der Waals surface area contributed by atoms with Gasteiger partial charge < -0.3 is 0 Å². The Morgan fingerprint density at radius 2 is 2.13 bits per heavy atom. The fraction of sp³-hybridized carbons (Fsp3) is 0.500. The maximum absolute atomic E-state index is 8.99. The molecule has 0 atom stereocenters. The number of aryl methyl sites for hydroxylation is 1. The van der Waals surface area contributed by atoms with Crippen LogP contribution in [0.2, 0.25) is 0 Å². The Morgan fingerprint density at radius 3 is 2.87 bits per heavy atom. The Hall–Kier alpha value is -1.91. The summed E-state index contributed by atoms with van der Waals surface area (Å²) in [6, 6.07) is 4.01. The monoisotopic (exact) mass is 328 g/mol. The molecule has 120 valence electrons. The molecule has 2 aromatic heterocycles. The fourth-order valence-electron chi connectivity index (χ4n) is 2.67. The van der Waals surface area contributed by atoms with Gasteiger partial charge in [-0.3, -0.25) is 9.58 Å². The van der Waals surface area contributed by atoms with Crippen molar-refractivity contribution in [3.05, 3.63) is 35.4 Å². The molecule has 0 radical (unpaired) electrons. The van der Waals surface area contributed by atoms with Crippen molar-refractivity contribution >= 4 is 11.8 Å². The van der Waals surface area contributed by atoms with Gasteiger partial charge in [-0.15, -0.1) is 0 Å². The quantitative estimate of drug-likeness (QED) is 0.620. The molecule has 6 nitrogen and oxygen atoms in total. The number of fused-ring (bicyclic) bond motifs is 1. The summed E-state index contributed by atoms with van der Waals surface area (Å²) in [6.45, 7) is 5.67. The van der Waals surface area contributed by atoms with E-state index in [1.54, 1.807) is 11.8 Å². The van der Waals surface area contributed by atoms with Gasteiger partial charge in [0.1, 0.15) is 6.07 Å². The third kappa shape index (κ3) is 4.09. The minimum Gasteiger partial charge on any atom is -0.293 e. The SMILES string of the molecule is CCCSc1ncc(CN2CCCn3nc(C#N)cc3C2)cn1. The molecule has 7 heteroatoms. The second-order valence-corrected chi connectivity index (χ2v) is 6.70. The summed E-state index contributed by atoms with van der Waals surface area (Å²) in [5.41, 5.74) is 2.73. The predicted octanol–water partition coefficient (Wildman–Crippen LogP) is 2.45. The highest BCUT2D eigenvalue weighted by Gasteiger charge is 2.17. The molecule has 3 heterocycles. The minimum absolute atomic E-state index is 0.502. The summed E-state index contributed by atoms with van der Waals surface area (Å²) < 4.78 is 1.96. The fourth-order valence-corrected chi connectivity index (χ4v) is 3.31. The molecule has 2 aromatic rings. The van der Waals surface area contributed by atoms with Gasteiger partial charge >= 0.3 is 0 Å². The van der Waals surface area contributed by atoms with Crippen molar-refractivity contribution in [3.63, 3.8) is 0 Å². The van der Waals surface area contributed by atoms with E-state index in [-0.39, 0.29) is 0 Å². The molecule has 1 aliphatic heterocycles. The summed E-state index contributed by atoms with van der Waals surface area (Å²) in [5, 5.41) is 14.2. The number of thioether (sulfide) groups is 1. The van der Waals surface area contributed by atoms with E-state index in [2.05, 4.69) is 33.0 Å². The molecular weight excluding hydrogens is 308 g/mol. The summed E-state index contributed by atoms with van der Waals surface area (Å²) >= 11 is 1.70. The third-order valence-electron chi connectivity index (χ3n) is 3.73. The first-order valence-corrected chi connectivity index (χ1v) is 8.90. The Kier molecular flexibility index (Phi) is 5.26. The lowest BCUT2D eigenvalue weighted by Crippen LogP contribution is -2.23. The molecular formula is C16H20N6S. The van der Waals surface area contributed by atoms with Gasteiger partial charge in [0, 0.05) is 49.9 Å². The lowest BCUT2D eigenvalue weighted by Gasteiger charge is -2.19. The van der Waals surface area contributed by atoms with Gasteiger partial charge in [0.15, 0.2) is 10.9 Å². The lowest BCUT2D eigenvalue weighted by molar-refractivity contribution is 0.260. The first-order chi connectivity index (χ1) is 11.3. The van der Waals surface area contributed by atoms with Crippen LogP contribution in [0.25, 0.3) is 0 Å². The first-order valence-electron chi connectivity index (χ1n) is 7.91. The van der Waals surface area contributed by atoms with Crippen LogP contribution in [-0.4, -0.2) is 36.9 Å². The Labute approximate surface area is 140 Å². The van der Waals surface area contributed by atoms with Crippen LogP contribution in [0.15, 0.2) is 23.6 Å². The van der Waals surface area contributed by atoms with Crippen molar-refractivity contribution in [3.8, 4) is 6.07 Å². The number of nitriles is 1. The molecule has 0 unspecified atom stereocenters. The molecule has 0 bridgehead atoms. The molecule has 3 rings (SSSR count). The van der Waals surface area contributed by atoms with Gasteiger partial charge in [-0.25, -0.2) is 9.97 Å². The molecule has 0 saturated heterocycles. The Morgan fingerprint density at radius 1 is 1.30 bits per heavy atom. The third-order valence-corrected chi connectivity index (χ3v) is 4.81. The van der Waals surface area contributed by atoms with E-state index in [9.17, 15) is 0 Å². The van der Waals surface area contributed by atoms with Gasteiger partial charge in [-0.05, 0) is 18.9 Å². The number of aromatic nitrogens is 4. The Balaban J connectivity index is 1.64. The molecule has 0 aliphatic carbocycles. The van der Waals surface area contributed by atoms with Crippen LogP contribution < -0.4 is 0 Å². The zero-order valence-electron chi connectivity index (χ0n) is 13.3. The number of hydrogen-bond donors (Lipinski definition) is 0. The van der Waals surface area contributed by atoms with Crippen LogP contribution in [0.4, 0.5) is 0 Å².